The molecule has 3 rings (SSSR count). The monoisotopic (exact) mass is 411 g/mol. The van der Waals surface area contributed by atoms with Crippen LogP contribution >= 0.6 is 23.2 Å². The van der Waals surface area contributed by atoms with E-state index in [0.29, 0.717) is 28.7 Å². The van der Waals surface area contributed by atoms with Gasteiger partial charge in [0.05, 0.1) is 33.5 Å². The number of halogens is 2. The topological polar surface area (TPSA) is 101 Å². The van der Waals surface area contributed by atoms with Crippen molar-refractivity contribution in [1.29, 1.82) is 15.8 Å². The van der Waals surface area contributed by atoms with Gasteiger partial charge in [-0.25, -0.2) is 0 Å². The van der Waals surface area contributed by atoms with Crippen LogP contribution in [-0.2, 0) is 0 Å². The highest BCUT2D eigenvalue weighted by atomic mass is 35.5. The molecule has 0 fully saturated rings. The van der Waals surface area contributed by atoms with Crippen LogP contribution in [0.25, 0.3) is 0 Å². The average molecular weight is 412 g/mol. The van der Waals surface area contributed by atoms with E-state index in [4.69, 9.17) is 28.9 Å². The molecule has 2 unspecified atom stereocenters. The van der Waals surface area contributed by atoms with Crippen molar-refractivity contribution in [2.24, 2.45) is 17.1 Å². The number of fused-ring (bicyclic) bond motifs is 1. The fourth-order valence-corrected chi connectivity index (χ4v) is 4.77. The summed E-state index contributed by atoms with van der Waals surface area (Å²) in [6.07, 6.45) is 2.96. The van der Waals surface area contributed by atoms with Crippen molar-refractivity contribution < 1.29 is 0 Å². The Bertz CT molecular complexity index is 976. The average Bonchev–Trinajstić information content (AvgIpc) is 2.70. The van der Waals surface area contributed by atoms with Gasteiger partial charge in [0.1, 0.15) is 6.07 Å². The minimum atomic E-state index is -1.70. The first-order valence-electron chi connectivity index (χ1n) is 9.04. The molecule has 28 heavy (non-hydrogen) atoms. The zero-order chi connectivity index (χ0) is 20.5. The number of benzene rings is 1. The van der Waals surface area contributed by atoms with Crippen LogP contribution in [0.15, 0.2) is 41.1 Å². The van der Waals surface area contributed by atoms with Gasteiger partial charge < -0.3 is 5.73 Å². The number of rotatable bonds is 3. The van der Waals surface area contributed by atoms with E-state index < -0.39 is 11.3 Å². The number of hydrogen-bond acceptors (Lipinski definition) is 5. The van der Waals surface area contributed by atoms with E-state index >= 15 is 0 Å². The molecule has 142 valence electrons. The Hall–Kier alpha value is -2.49. The SMILES string of the molecule is CCCN1CC=C2C(C#N)=C(N)C(C#N)(C#N)C(c3cccc(Cl)c3Cl)C2C1. The Kier molecular flexibility index (Phi) is 5.69. The molecule has 7 heteroatoms. The van der Waals surface area contributed by atoms with Crippen molar-refractivity contribution in [2.45, 2.75) is 19.3 Å². The normalized spacial score (nSPS) is 23.8. The van der Waals surface area contributed by atoms with E-state index in [1.165, 1.54) is 0 Å². The van der Waals surface area contributed by atoms with Crippen LogP contribution in [0.1, 0.15) is 24.8 Å². The van der Waals surface area contributed by atoms with Crippen LogP contribution in [0.5, 0.6) is 0 Å². The summed E-state index contributed by atoms with van der Waals surface area (Å²) in [7, 11) is 0. The maximum atomic E-state index is 10.1. The molecule has 0 amide bonds. The van der Waals surface area contributed by atoms with Gasteiger partial charge in [0.15, 0.2) is 5.41 Å². The molecule has 0 bridgehead atoms. The molecule has 1 heterocycles. The van der Waals surface area contributed by atoms with E-state index in [2.05, 4.69) is 30.0 Å². The van der Waals surface area contributed by atoms with Crippen molar-refractivity contribution in [1.82, 2.24) is 4.90 Å². The minimum absolute atomic E-state index is 0.00696. The lowest BCUT2D eigenvalue weighted by molar-refractivity contribution is 0.207. The van der Waals surface area contributed by atoms with Gasteiger partial charge in [0.2, 0.25) is 0 Å². The standard InChI is InChI=1S/C21H19Cl2N5/c1-2-7-28-8-6-13-15(9-24)20(27)21(11-25,12-26)18(16(13)10-28)14-4-3-5-17(22)19(14)23/h3-6,16,18H,2,7-8,10,27H2,1H3. The Labute approximate surface area is 174 Å². The lowest BCUT2D eigenvalue weighted by Gasteiger charge is -2.45. The molecule has 0 saturated carbocycles. The number of hydrogen-bond donors (Lipinski definition) is 1. The number of nitrogens with two attached hydrogens (primary N) is 1. The Morgan fingerprint density at radius 1 is 1.25 bits per heavy atom. The van der Waals surface area contributed by atoms with E-state index in [-0.39, 0.29) is 17.2 Å². The number of nitriles is 3. The molecule has 0 aromatic heterocycles. The third kappa shape index (κ3) is 2.95. The van der Waals surface area contributed by atoms with E-state index in [0.717, 1.165) is 18.5 Å². The largest absolute Gasteiger partial charge is 0.399 e. The van der Waals surface area contributed by atoms with E-state index in [1.807, 2.05) is 6.08 Å². The van der Waals surface area contributed by atoms with E-state index in [1.54, 1.807) is 18.2 Å². The van der Waals surface area contributed by atoms with E-state index in [9.17, 15) is 15.8 Å². The summed E-state index contributed by atoms with van der Waals surface area (Å²) in [6, 6.07) is 11.5. The Morgan fingerprint density at radius 3 is 2.57 bits per heavy atom. The van der Waals surface area contributed by atoms with Crippen molar-refractivity contribution in [3.05, 3.63) is 56.7 Å². The molecule has 0 radical (unpaired) electrons. The first kappa shape index (κ1) is 20.2. The molecule has 5 nitrogen and oxygen atoms in total. The lowest BCUT2D eigenvalue weighted by atomic mass is 9.58. The second kappa shape index (κ2) is 7.86. The minimum Gasteiger partial charge on any atom is -0.399 e. The summed E-state index contributed by atoms with van der Waals surface area (Å²) in [4.78, 5) is 2.25. The molecule has 1 aliphatic heterocycles. The lowest BCUT2D eigenvalue weighted by Crippen LogP contribution is -2.48. The predicted molar refractivity (Wildman–Crippen MR) is 108 cm³/mol. The smallest absolute Gasteiger partial charge is 0.191 e. The van der Waals surface area contributed by atoms with Gasteiger partial charge in [-0.05, 0) is 30.2 Å². The van der Waals surface area contributed by atoms with Crippen molar-refractivity contribution in [3.63, 3.8) is 0 Å². The first-order chi connectivity index (χ1) is 13.4. The predicted octanol–water partition coefficient (Wildman–Crippen LogP) is 4.13. The first-order valence-corrected chi connectivity index (χ1v) is 9.80. The molecule has 0 spiro atoms. The van der Waals surface area contributed by atoms with Crippen LogP contribution in [0, 0.1) is 45.3 Å². The summed E-state index contributed by atoms with van der Waals surface area (Å²) in [5.74, 6) is -0.894. The second-order valence-electron chi connectivity index (χ2n) is 7.08. The van der Waals surface area contributed by atoms with Gasteiger partial charge in [-0.1, -0.05) is 48.3 Å². The second-order valence-corrected chi connectivity index (χ2v) is 7.86. The third-order valence-corrected chi connectivity index (χ3v) is 6.43. The molecular weight excluding hydrogens is 393 g/mol. The number of allylic oxidation sites excluding steroid dienone is 2. The fourth-order valence-electron chi connectivity index (χ4n) is 4.34. The summed E-state index contributed by atoms with van der Waals surface area (Å²) in [5, 5.41) is 30.5. The van der Waals surface area contributed by atoms with Crippen LogP contribution in [0.2, 0.25) is 10.0 Å². The van der Waals surface area contributed by atoms with Gasteiger partial charge in [-0.15, -0.1) is 0 Å². The summed E-state index contributed by atoms with van der Waals surface area (Å²) >= 11 is 12.7. The molecular formula is C21H19Cl2N5. The van der Waals surface area contributed by atoms with Gasteiger partial charge in [0.25, 0.3) is 0 Å². The third-order valence-electron chi connectivity index (χ3n) is 5.60. The number of nitrogens with zero attached hydrogens (tertiary/aromatic N) is 4. The highest BCUT2D eigenvalue weighted by molar-refractivity contribution is 6.42. The van der Waals surface area contributed by atoms with Crippen LogP contribution in [0.4, 0.5) is 0 Å². The maximum absolute atomic E-state index is 10.1. The zero-order valence-corrected chi connectivity index (χ0v) is 16.9. The van der Waals surface area contributed by atoms with Crippen molar-refractivity contribution >= 4 is 23.2 Å². The molecule has 1 aromatic rings. The molecule has 2 N–H and O–H groups in total. The van der Waals surface area contributed by atoms with Crippen LogP contribution < -0.4 is 5.73 Å². The maximum Gasteiger partial charge on any atom is 0.191 e. The highest BCUT2D eigenvalue weighted by Crippen LogP contribution is 2.55. The van der Waals surface area contributed by atoms with Gasteiger partial charge in [0, 0.05) is 24.9 Å². The van der Waals surface area contributed by atoms with Gasteiger partial charge >= 0.3 is 0 Å². The van der Waals surface area contributed by atoms with Crippen molar-refractivity contribution in [3.8, 4) is 18.2 Å². The Morgan fingerprint density at radius 2 is 1.96 bits per heavy atom. The van der Waals surface area contributed by atoms with Crippen LogP contribution in [0.3, 0.4) is 0 Å². The van der Waals surface area contributed by atoms with Gasteiger partial charge in [-0.3, -0.25) is 4.90 Å². The molecule has 1 aromatic carbocycles. The molecule has 1 aliphatic carbocycles. The molecule has 2 aliphatic rings. The molecule has 0 saturated heterocycles. The highest BCUT2D eigenvalue weighted by Gasteiger charge is 2.55. The summed E-state index contributed by atoms with van der Waals surface area (Å²) in [6.45, 7) is 4.28. The fraction of sp³-hybridized carbons (Fsp3) is 0.381. The van der Waals surface area contributed by atoms with Crippen molar-refractivity contribution in [2.75, 3.05) is 19.6 Å². The quantitative estimate of drug-likeness (QED) is 0.805. The Balaban J connectivity index is 2.32. The zero-order valence-electron chi connectivity index (χ0n) is 15.4. The van der Waals surface area contributed by atoms with Crippen LogP contribution in [-0.4, -0.2) is 24.5 Å². The summed E-state index contributed by atoms with van der Waals surface area (Å²) in [5.41, 5.74) is 6.21. The summed E-state index contributed by atoms with van der Waals surface area (Å²) < 4.78 is 0. The van der Waals surface area contributed by atoms with Gasteiger partial charge in [-0.2, -0.15) is 15.8 Å². The molecule has 2 atom stereocenters.